The molecule has 0 atom stereocenters. The first-order valence-corrected chi connectivity index (χ1v) is 8.17. The van der Waals surface area contributed by atoms with Crippen molar-refractivity contribution < 1.29 is 14.4 Å². The van der Waals surface area contributed by atoms with Crippen LogP contribution in [0.15, 0.2) is 53.6 Å². The van der Waals surface area contributed by atoms with E-state index in [0.717, 1.165) is 5.56 Å². The van der Waals surface area contributed by atoms with Crippen LogP contribution in [0.3, 0.4) is 0 Å². The lowest BCUT2D eigenvalue weighted by atomic mass is 10.1. The molecule has 7 nitrogen and oxygen atoms in total. The Hall–Kier alpha value is -3.48. The van der Waals surface area contributed by atoms with Crippen LogP contribution in [0, 0.1) is 6.92 Å². The molecular weight excluding hydrogens is 332 g/mol. The Morgan fingerprint density at radius 2 is 1.69 bits per heavy atom. The number of anilines is 2. The number of hydrogen-bond acceptors (Lipinski definition) is 4. The number of aryl methyl sites for hydroxylation is 1. The van der Waals surface area contributed by atoms with Crippen LogP contribution < -0.4 is 16.1 Å². The summed E-state index contributed by atoms with van der Waals surface area (Å²) in [5.41, 5.74) is 4.94. The van der Waals surface area contributed by atoms with Crippen molar-refractivity contribution in [3.05, 3.63) is 59.7 Å². The van der Waals surface area contributed by atoms with Gasteiger partial charge in [-0.25, -0.2) is 5.43 Å². The highest BCUT2D eigenvalue weighted by Crippen LogP contribution is 2.24. The molecule has 3 rings (SSSR count). The molecule has 0 fully saturated rings. The summed E-state index contributed by atoms with van der Waals surface area (Å²) in [4.78, 5) is 35.9. The predicted octanol–water partition coefficient (Wildman–Crippen LogP) is 2.45. The molecule has 0 bridgehead atoms. The molecule has 0 aromatic heterocycles. The van der Waals surface area contributed by atoms with Crippen molar-refractivity contribution in [1.82, 2.24) is 5.43 Å². The maximum Gasteiger partial charge on any atom is 0.271 e. The van der Waals surface area contributed by atoms with Crippen molar-refractivity contribution in [2.45, 2.75) is 19.8 Å². The Morgan fingerprint density at radius 3 is 2.38 bits per heavy atom. The summed E-state index contributed by atoms with van der Waals surface area (Å²) in [5, 5.41) is 9.35. The van der Waals surface area contributed by atoms with E-state index in [4.69, 9.17) is 0 Å². The molecule has 2 aromatic carbocycles. The molecule has 2 aromatic rings. The van der Waals surface area contributed by atoms with Gasteiger partial charge in [0, 0.05) is 18.4 Å². The highest BCUT2D eigenvalue weighted by Gasteiger charge is 2.19. The zero-order valence-corrected chi connectivity index (χ0v) is 14.2. The third kappa shape index (κ3) is 4.13. The van der Waals surface area contributed by atoms with Gasteiger partial charge in [-0.15, -0.1) is 0 Å². The lowest BCUT2D eigenvalue weighted by molar-refractivity contribution is -0.121. The Balaban J connectivity index is 1.79. The number of hydrazone groups is 1. The molecule has 26 heavy (non-hydrogen) atoms. The number of amides is 3. The van der Waals surface area contributed by atoms with Crippen molar-refractivity contribution >= 4 is 34.8 Å². The van der Waals surface area contributed by atoms with Gasteiger partial charge >= 0.3 is 0 Å². The Labute approximate surface area is 150 Å². The summed E-state index contributed by atoms with van der Waals surface area (Å²) in [7, 11) is 0. The molecule has 1 aliphatic heterocycles. The summed E-state index contributed by atoms with van der Waals surface area (Å²) < 4.78 is 0. The standard InChI is InChI=1S/C19H18N4O3/c1-12-7-8-14(20-18(25)13-5-3-2-4-6-13)16(11-12)21-19(26)15-9-10-17(24)23-22-15/h2-8,11H,9-10H2,1H3,(H,20,25)(H,21,26)(H,23,24). The molecule has 0 radical (unpaired) electrons. The number of carbonyl (C=O) groups excluding carboxylic acids is 3. The maximum atomic E-state index is 12.4. The van der Waals surface area contributed by atoms with Crippen molar-refractivity contribution in [2.75, 3.05) is 10.6 Å². The Bertz CT molecular complexity index is 891. The number of nitrogens with one attached hydrogen (secondary N) is 3. The van der Waals surface area contributed by atoms with E-state index in [1.54, 1.807) is 36.4 Å². The van der Waals surface area contributed by atoms with E-state index in [1.165, 1.54) is 0 Å². The van der Waals surface area contributed by atoms with Crippen molar-refractivity contribution in [3.63, 3.8) is 0 Å². The molecule has 0 spiro atoms. The molecule has 1 heterocycles. The van der Waals surface area contributed by atoms with Gasteiger partial charge in [0.15, 0.2) is 0 Å². The van der Waals surface area contributed by atoms with Gasteiger partial charge in [-0.1, -0.05) is 24.3 Å². The van der Waals surface area contributed by atoms with Gasteiger partial charge in [0.25, 0.3) is 11.8 Å². The lowest BCUT2D eigenvalue weighted by Gasteiger charge is -2.15. The molecule has 0 saturated carbocycles. The highest BCUT2D eigenvalue weighted by atomic mass is 16.2. The van der Waals surface area contributed by atoms with Gasteiger partial charge in [-0.2, -0.15) is 5.10 Å². The average molecular weight is 350 g/mol. The summed E-state index contributed by atoms with van der Waals surface area (Å²) in [6.07, 6.45) is 0.493. The van der Waals surface area contributed by atoms with Crippen LogP contribution in [0.4, 0.5) is 11.4 Å². The van der Waals surface area contributed by atoms with Gasteiger partial charge < -0.3 is 10.6 Å². The van der Waals surface area contributed by atoms with Gasteiger partial charge in [0.05, 0.1) is 11.4 Å². The second-order valence-electron chi connectivity index (χ2n) is 5.92. The molecule has 3 N–H and O–H groups in total. The summed E-state index contributed by atoms with van der Waals surface area (Å²) in [5.74, 6) is -0.897. The number of hydrogen-bond donors (Lipinski definition) is 3. The topological polar surface area (TPSA) is 99.7 Å². The van der Waals surface area contributed by atoms with Crippen LogP contribution in [0.1, 0.15) is 28.8 Å². The van der Waals surface area contributed by atoms with Crippen molar-refractivity contribution in [2.24, 2.45) is 5.10 Å². The van der Waals surface area contributed by atoms with Crippen LogP contribution in [-0.2, 0) is 9.59 Å². The van der Waals surface area contributed by atoms with Crippen LogP contribution in [0.5, 0.6) is 0 Å². The first kappa shape index (κ1) is 17.3. The highest BCUT2D eigenvalue weighted by molar-refractivity contribution is 6.43. The molecule has 3 amide bonds. The van der Waals surface area contributed by atoms with Crippen LogP contribution in [0.2, 0.25) is 0 Å². The third-order valence-corrected chi connectivity index (χ3v) is 3.87. The molecule has 132 valence electrons. The van der Waals surface area contributed by atoms with E-state index in [9.17, 15) is 14.4 Å². The van der Waals surface area contributed by atoms with E-state index in [-0.39, 0.29) is 30.4 Å². The first-order valence-electron chi connectivity index (χ1n) is 8.17. The number of nitrogens with zero attached hydrogens (tertiary/aromatic N) is 1. The zero-order chi connectivity index (χ0) is 18.5. The first-order chi connectivity index (χ1) is 12.5. The summed E-state index contributed by atoms with van der Waals surface area (Å²) >= 11 is 0. The molecular formula is C19H18N4O3. The summed E-state index contributed by atoms with van der Waals surface area (Å²) in [6, 6.07) is 14.1. The quantitative estimate of drug-likeness (QED) is 0.790. The fourth-order valence-corrected chi connectivity index (χ4v) is 2.49. The Morgan fingerprint density at radius 1 is 0.962 bits per heavy atom. The minimum atomic E-state index is -0.411. The van der Waals surface area contributed by atoms with Crippen molar-refractivity contribution in [3.8, 4) is 0 Å². The van der Waals surface area contributed by atoms with E-state index in [2.05, 4.69) is 21.2 Å². The van der Waals surface area contributed by atoms with Crippen LogP contribution in [0.25, 0.3) is 0 Å². The minimum Gasteiger partial charge on any atom is -0.320 e. The number of carbonyl (C=O) groups is 3. The van der Waals surface area contributed by atoms with Crippen LogP contribution >= 0.6 is 0 Å². The monoisotopic (exact) mass is 350 g/mol. The second-order valence-corrected chi connectivity index (χ2v) is 5.92. The number of benzene rings is 2. The number of rotatable bonds is 4. The third-order valence-electron chi connectivity index (χ3n) is 3.87. The van der Waals surface area contributed by atoms with Gasteiger partial charge in [-0.3, -0.25) is 14.4 Å². The molecule has 0 saturated heterocycles. The average Bonchev–Trinajstić information content (AvgIpc) is 2.65. The molecule has 0 unspecified atom stereocenters. The SMILES string of the molecule is Cc1ccc(NC(=O)c2ccccc2)c(NC(=O)C2=NNC(=O)CC2)c1. The van der Waals surface area contributed by atoms with Crippen LogP contribution in [-0.4, -0.2) is 23.4 Å². The smallest absolute Gasteiger partial charge is 0.271 e. The zero-order valence-electron chi connectivity index (χ0n) is 14.2. The van der Waals surface area contributed by atoms with Gasteiger partial charge in [-0.05, 0) is 36.8 Å². The van der Waals surface area contributed by atoms with Gasteiger partial charge in [0.2, 0.25) is 5.91 Å². The Kier molecular flexibility index (Phi) is 5.07. The lowest BCUT2D eigenvalue weighted by Crippen LogP contribution is -2.33. The van der Waals surface area contributed by atoms with Crippen molar-refractivity contribution in [1.29, 1.82) is 0 Å². The predicted molar refractivity (Wildman–Crippen MR) is 99.0 cm³/mol. The fourth-order valence-electron chi connectivity index (χ4n) is 2.49. The molecule has 7 heteroatoms. The second kappa shape index (κ2) is 7.60. The largest absolute Gasteiger partial charge is 0.320 e. The van der Waals surface area contributed by atoms with E-state index < -0.39 is 5.91 Å². The minimum absolute atomic E-state index is 0.215. The van der Waals surface area contributed by atoms with E-state index in [1.807, 2.05) is 19.1 Å². The van der Waals surface area contributed by atoms with E-state index >= 15 is 0 Å². The summed E-state index contributed by atoms with van der Waals surface area (Å²) in [6.45, 7) is 1.89. The maximum absolute atomic E-state index is 12.4. The molecule has 1 aliphatic rings. The van der Waals surface area contributed by atoms with E-state index in [0.29, 0.717) is 16.9 Å². The normalized spacial score (nSPS) is 13.4. The molecule has 0 aliphatic carbocycles. The van der Waals surface area contributed by atoms with Gasteiger partial charge in [0.1, 0.15) is 5.71 Å². The fraction of sp³-hybridized carbons (Fsp3) is 0.158.